The van der Waals surface area contributed by atoms with Gasteiger partial charge in [-0.15, -0.1) is 11.3 Å². The van der Waals surface area contributed by atoms with Crippen LogP contribution in [0.4, 0.5) is 5.13 Å². The lowest BCUT2D eigenvalue weighted by Gasteiger charge is -2.34. The number of ether oxygens (including phenoxy) is 1. The number of hydrogen-bond donors (Lipinski definition) is 2. The maximum Gasteiger partial charge on any atom is 0.252 e. The zero-order chi connectivity index (χ0) is 22.5. The van der Waals surface area contributed by atoms with Crippen molar-refractivity contribution in [3.8, 4) is 0 Å². The molecule has 0 spiro atoms. The summed E-state index contributed by atoms with van der Waals surface area (Å²) < 4.78 is 5.78. The highest BCUT2D eigenvalue weighted by molar-refractivity contribution is 7.13. The largest absolute Gasteiger partial charge is 0.373 e. The van der Waals surface area contributed by atoms with Crippen molar-refractivity contribution in [1.29, 1.82) is 0 Å². The molecule has 0 saturated carbocycles. The number of nitrogens with zero attached hydrogens (tertiary/aromatic N) is 2. The SMILES string of the molecule is Cc1ccccc1C(=O)NC(C(=O)Nc1nc(CN2CC(C)OC(C)C2)cs1)C(C)C. The van der Waals surface area contributed by atoms with Crippen molar-refractivity contribution in [2.45, 2.75) is 59.4 Å². The Labute approximate surface area is 188 Å². The second kappa shape index (κ2) is 10.3. The third-order valence-electron chi connectivity index (χ3n) is 5.29. The number of hydrogen-bond acceptors (Lipinski definition) is 6. The Balaban J connectivity index is 1.61. The zero-order valence-corrected chi connectivity index (χ0v) is 19.7. The van der Waals surface area contributed by atoms with Crippen molar-refractivity contribution < 1.29 is 14.3 Å². The van der Waals surface area contributed by atoms with Crippen LogP contribution in [0.5, 0.6) is 0 Å². The summed E-state index contributed by atoms with van der Waals surface area (Å²) in [6.45, 7) is 12.3. The summed E-state index contributed by atoms with van der Waals surface area (Å²) in [4.78, 5) is 32.5. The Kier molecular flexibility index (Phi) is 7.80. The first-order chi connectivity index (χ1) is 14.7. The van der Waals surface area contributed by atoms with Crippen LogP contribution in [0.15, 0.2) is 29.6 Å². The third-order valence-corrected chi connectivity index (χ3v) is 6.09. The van der Waals surface area contributed by atoms with Crippen molar-refractivity contribution in [2.24, 2.45) is 5.92 Å². The summed E-state index contributed by atoms with van der Waals surface area (Å²) in [5.41, 5.74) is 2.37. The predicted octanol–water partition coefficient (Wildman–Crippen LogP) is 3.45. The molecule has 1 fully saturated rings. The van der Waals surface area contributed by atoms with E-state index in [1.165, 1.54) is 11.3 Å². The summed E-state index contributed by atoms with van der Waals surface area (Å²) in [6.07, 6.45) is 0.399. The zero-order valence-electron chi connectivity index (χ0n) is 18.8. The van der Waals surface area contributed by atoms with Gasteiger partial charge in [-0.3, -0.25) is 14.5 Å². The van der Waals surface area contributed by atoms with Gasteiger partial charge in [-0.2, -0.15) is 0 Å². The van der Waals surface area contributed by atoms with Crippen LogP contribution < -0.4 is 10.6 Å². The lowest BCUT2D eigenvalue weighted by Crippen LogP contribution is -2.47. The number of carbonyl (C=O) groups is 2. The number of nitrogens with one attached hydrogen (secondary N) is 2. The van der Waals surface area contributed by atoms with Gasteiger partial charge in [0.25, 0.3) is 5.91 Å². The molecular weight excluding hydrogens is 412 g/mol. The van der Waals surface area contributed by atoms with Crippen LogP contribution in [0.1, 0.15) is 49.3 Å². The van der Waals surface area contributed by atoms with Gasteiger partial charge in [0, 0.05) is 30.6 Å². The first-order valence-electron chi connectivity index (χ1n) is 10.7. The van der Waals surface area contributed by atoms with E-state index in [1.54, 1.807) is 6.07 Å². The van der Waals surface area contributed by atoms with Crippen LogP contribution >= 0.6 is 11.3 Å². The van der Waals surface area contributed by atoms with E-state index in [2.05, 4.69) is 34.4 Å². The Hall–Kier alpha value is -2.29. The van der Waals surface area contributed by atoms with Gasteiger partial charge in [-0.25, -0.2) is 4.98 Å². The van der Waals surface area contributed by atoms with E-state index < -0.39 is 6.04 Å². The minimum Gasteiger partial charge on any atom is -0.373 e. The molecule has 1 aromatic heterocycles. The van der Waals surface area contributed by atoms with Gasteiger partial charge in [0.05, 0.1) is 17.9 Å². The molecule has 2 N–H and O–H groups in total. The van der Waals surface area contributed by atoms with Crippen molar-refractivity contribution in [1.82, 2.24) is 15.2 Å². The van der Waals surface area contributed by atoms with E-state index in [-0.39, 0.29) is 29.9 Å². The summed E-state index contributed by atoms with van der Waals surface area (Å²) in [5, 5.41) is 8.28. The van der Waals surface area contributed by atoms with E-state index in [1.807, 2.05) is 44.4 Å². The highest BCUT2D eigenvalue weighted by Crippen LogP contribution is 2.20. The van der Waals surface area contributed by atoms with Gasteiger partial charge in [-0.05, 0) is 38.3 Å². The fraction of sp³-hybridized carbons (Fsp3) is 0.522. The normalized spacial score (nSPS) is 20.5. The number of aromatic nitrogens is 1. The van der Waals surface area contributed by atoms with E-state index in [0.29, 0.717) is 10.7 Å². The first-order valence-corrected chi connectivity index (χ1v) is 11.6. The number of morpholine rings is 1. The molecule has 3 atom stereocenters. The van der Waals surface area contributed by atoms with Crippen molar-refractivity contribution in [3.05, 3.63) is 46.5 Å². The van der Waals surface area contributed by atoms with Crippen LogP contribution in [0.25, 0.3) is 0 Å². The molecule has 168 valence electrons. The summed E-state index contributed by atoms with van der Waals surface area (Å²) in [6, 6.07) is 6.70. The fourth-order valence-corrected chi connectivity index (χ4v) is 4.55. The van der Waals surface area contributed by atoms with E-state index in [9.17, 15) is 9.59 Å². The Bertz CT molecular complexity index is 904. The minimum atomic E-state index is -0.652. The molecule has 31 heavy (non-hydrogen) atoms. The highest BCUT2D eigenvalue weighted by Gasteiger charge is 2.26. The molecule has 2 aromatic rings. The summed E-state index contributed by atoms with van der Waals surface area (Å²) in [7, 11) is 0. The Morgan fingerprint density at radius 3 is 2.55 bits per heavy atom. The molecule has 0 aliphatic carbocycles. The van der Waals surface area contributed by atoms with Gasteiger partial charge in [-0.1, -0.05) is 32.0 Å². The molecule has 2 amide bonds. The van der Waals surface area contributed by atoms with E-state index >= 15 is 0 Å². The van der Waals surface area contributed by atoms with E-state index in [0.717, 1.165) is 30.9 Å². The van der Waals surface area contributed by atoms with Gasteiger partial charge in [0.15, 0.2) is 5.13 Å². The molecule has 8 heteroatoms. The second-order valence-electron chi connectivity index (χ2n) is 8.59. The minimum absolute atomic E-state index is 0.0660. The highest BCUT2D eigenvalue weighted by atomic mass is 32.1. The summed E-state index contributed by atoms with van der Waals surface area (Å²) >= 11 is 1.40. The van der Waals surface area contributed by atoms with Crippen LogP contribution in [0, 0.1) is 12.8 Å². The average molecular weight is 445 g/mol. The van der Waals surface area contributed by atoms with Crippen molar-refractivity contribution >= 4 is 28.3 Å². The first kappa shape index (κ1) is 23.4. The van der Waals surface area contributed by atoms with Crippen molar-refractivity contribution in [3.63, 3.8) is 0 Å². The quantitative estimate of drug-likeness (QED) is 0.683. The smallest absolute Gasteiger partial charge is 0.252 e. The molecule has 7 nitrogen and oxygen atoms in total. The monoisotopic (exact) mass is 444 g/mol. The lowest BCUT2D eigenvalue weighted by molar-refractivity contribution is -0.118. The molecule has 3 unspecified atom stereocenters. The number of rotatable bonds is 7. The molecule has 1 aromatic carbocycles. The number of aryl methyl sites for hydroxylation is 1. The van der Waals surface area contributed by atoms with Crippen LogP contribution in [0.3, 0.4) is 0 Å². The maximum atomic E-state index is 12.9. The Morgan fingerprint density at radius 1 is 1.23 bits per heavy atom. The molecule has 0 bridgehead atoms. The topological polar surface area (TPSA) is 83.6 Å². The molecule has 3 rings (SSSR count). The maximum absolute atomic E-state index is 12.9. The second-order valence-corrected chi connectivity index (χ2v) is 9.45. The molecule has 2 heterocycles. The predicted molar refractivity (Wildman–Crippen MR) is 123 cm³/mol. The summed E-state index contributed by atoms with van der Waals surface area (Å²) in [5.74, 6) is -0.572. The van der Waals surface area contributed by atoms with Gasteiger partial charge < -0.3 is 15.4 Å². The van der Waals surface area contributed by atoms with Crippen LogP contribution in [-0.4, -0.2) is 53.0 Å². The number of amides is 2. The van der Waals surface area contributed by atoms with E-state index in [4.69, 9.17) is 4.74 Å². The lowest BCUT2D eigenvalue weighted by atomic mass is 10.0. The van der Waals surface area contributed by atoms with Crippen LogP contribution in [-0.2, 0) is 16.1 Å². The molecule has 1 aliphatic heterocycles. The third kappa shape index (κ3) is 6.35. The number of anilines is 1. The Morgan fingerprint density at radius 2 is 1.90 bits per heavy atom. The average Bonchev–Trinajstić information content (AvgIpc) is 3.11. The van der Waals surface area contributed by atoms with Crippen molar-refractivity contribution in [2.75, 3.05) is 18.4 Å². The number of benzene rings is 1. The van der Waals surface area contributed by atoms with Gasteiger partial charge in [0.2, 0.25) is 5.91 Å². The molecule has 1 aliphatic rings. The molecule has 0 radical (unpaired) electrons. The number of carbonyl (C=O) groups excluding carboxylic acids is 2. The standard InChI is InChI=1S/C23H32N4O3S/c1-14(2)20(25-21(28)19-9-7-6-8-15(19)3)22(29)26-23-24-18(13-31-23)12-27-10-16(4)30-17(5)11-27/h6-9,13-14,16-17,20H,10-12H2,1-5H3,(H,25,28)(H,24,26,29). The number of thiazole rings is 1. The molecular formula is C23H32N4O3S. The van der Waals surface area contributed by atoms with Gasteiger partial charge >= 0.3 is 0 Å². The van der Waals surface area contributed by atoms with Gasteiger partial charge in [0.1, 0.15) is 6.04 Å². The van der Waals surface area contributed by atoms with Crippen LogP contribution in [0.2, 0.25) is 0 Å². The fourth-order valence-electron chi connectivity index (χ4n) is 3.84. The molecule has 1 saturated heterocycles.